The maximum Gasteiger partial charge on any atom is 0.340 e. The van der Waals surface area contributed by atoms with Crippen molar-refractivity contribution in [2.45, 2.75) is 6.92 Å². The summed E-state index contributed by atoms with van der Waals surface area (Å²) in [6.07, 6.45) is 0.559. The lowest BCUT2D eigenvalue weighted by molar-refractivity contribution is 0.0694. The van der Waals surface area contributed by atoms with Crippen molar-refractivity contribution in [3.63, 3.8) is 0 Å². The average molecular weight is 286 g/mol. The molecule has 2 N–H and O–H groups in total. The number of carbonyl (C=O) groups is 2. The summed E-state index contributed by atoms with van der Waals surface area (Å²) in [5, 5.41) is 19.2. The van der Waals surface area contributed by atoms with E-state index in [1.165, 1.54) is 12.1 Å². The number of para-hydroxylation sites is 1. The number of hydrogen-bond acceptors (Lipinski definition) is 4. The van der Waals surface area contributed by atoms with Crippen molar-refractivity contribution in [2.75, 3.05) is 6.61 Å². The third-order valence-corrected chi connectivity index (χ3v) is 3.01. The second-order valence-electron chi connectivity index (χ2n) is 4.28. The van der Waals surface area contributed by atoms with Crippen LogP contribution < -0.4 is 4.74 Å². The molecule has 0 atom stereocenters. The Kier molecular flexibility index (Phi) is 4.23. The van der Waals surface area contributed by atoms with Gasteiger partial charge in [0.2, 0.25) is 0 Å². The Morgan fingerprint density at radius 1 is 1.24 bits per heavy atom. The van der Waals surface area contributed by atoms with E-state index in [0.29, 0.717) is 24.2 Å². The standard InChI is InChI=1S/C16H14O5/c1-2-21-13-6-4-3-5-11(13)14-10(9-17)7-8-12(18)15(14)16(19)20/h3-9,18H,2H2,1H3,(H,19,20). The van der Waals surface area contributed by atoms with E-state index in [0.717, 1.165) is 0 Å². The summed E-state index contributed by atoms with van der Waals surface area (Å²) >= 11 is 0. The Labute approximate surface area is 121 Å². The smallest absolute Gasteiger partial charge is 0.340 e. The SMILES string of the molecule is CCOc1ccccc1-c1c(C=O)ccc(O)c1C(=O)O. The number of hydrogen-bond donors (Lipinski definition) is 2. The first kappa shape index (κ1) is 14.6. The number of ether oxygens (including phenoxy) is 1. The van der Waals surface area contributed by atoms with Gasteiger partial charge < -0.3 is 14.9 Å². The molecule has 2 aromatic rings. The van der Waals surface area contributed by atoms with E-state index < -0.39 is 11.7 Å². The number of phenols is 1. The quantitative estimate of drug-likeness (QED) is 0.825. The second-order valence-corrected chi connectivity index (χ2v) is 4.28. The van der Waals surface area contributed by atoms with Crippen LogP contribution in [0.5, 0.6) is 11.5 Å². The maximum absolute atomic E-state index is 11.4. The minimum Gasteiger partial charge on any atom is -0.507 e. The number of aromatic hydroxyl groups is 1. The first-order chi connectivity index (χ1) is 10.1. The monoisotopic (exact) mass is 286 g/mol. The predicted molar refractivity (Wildman–Crippen MR) is 77.1 cm³/mol. The van der Waals surface area contributed by atoms with Gasteiger partial charge in [0.15, 0.2) is 6.29 Å². The van der Waals surface area contributed by atoms with Gasteiger partial charge in [-0.15, -0.1) is 0 Å². The molecule has 0 heterocycles. The fraction of sp³-hybridized carbons (Fsp3) is 0.125. The highest BCUT2D eigenvalue weighted by Gasteiger charge is 2.22. The fourth-order valence-corrected chi connectivity index (χ4v) is 2.17. The van der Waals surface area contributed by atoms with E-state index in [-0.39, 0.29) is 16.7 Å². The molecule has 2 rings (SSSR count). The van der Waals surface area contributed by atoms with Gasteiger partial charge in [0, 0.05) is 16.7 Å². The lowest BCUT2D eigenvalue weighted by Crippen LogP contribution is -2.04. The van der Waals surface area contributed by atoms with Crippen molar-refractivity contribution >= 4 is 12.3 Å². The van der Waals surface area contributed by atoms with Crippen LogP contribution >= 0.6 is 0 Å². The zero-order valence-electron chi connectivity index (χ0n) is 11.4. The van der Waals surface area contributed by atoms with Crippen LogP contribution in [-0.4, -0.2) is 29.1 Å². The van der Waals surface area contributed by atoms with Crippen LogP contribution in [-0.2, 0) is 0 Å². The molecular weight excluding hydrogens is 272 g/mol. The first-order valence-electron chi connectivity index (χ1n) is 6.36. The van der Waals surface area contributed by atoms with Crippen LogP contribution in [0, 0.1) is 0 Å². The number of benzene rings is 2. The molecule has 0 aliphatic carbocycles. The number of aromatic carboxylic acids is 1. The highest BCUT2D eigenvalue weighted by Crippen LogP contribution is 2.38. The number of carboxylic acids is 1. The van der Waals surface area contributed by atoms with Crippen LogP contribution in [0.3, 0.4) is 0 Å². The topological polar surface area (TPSA) is 83.8 Å². The summed E-state index contributed by atoms with van der Waals surface area (Å²) in [6.45, 7) is 2.20. The van der Waals surface area contributed by atoms with E-state index in [1.54, 1.807) is 31.2 Å². The Morgan fingerprint density at radius 3 is 2.57 bits per heavy atom. The molecule has 0 fully saturated rings. The van der Waals surface area contributed by atoms with E-state index >= 15 is 0 Å². The molecule has 0 aliphatic rings. The van der Waals surface area contributed by atoms with Gasteiger partial charge in [-0.05, 0) is 25.1 Å². The van der Waals surface area contributed by atoms with Gasteiger partial charge in [0.05, 0.1) is 6.61 Å². The lowest BCUT2D eigenvalue weighted by atomic mass is 9.93. The molecule has 0 aliphatic heterocycles. The highest BCUT2D eigenvalue weighted by molar-refractivity contribution is 6.04. The van der Waals surface area contributed by atoms with E-state index in [2.05, 4.69) is 0 Å². The Bertz CT molecular complexity index is 691. The lowest BCUT2D eigenvalue weighted by Gasteiger charge is -2.15. The molecule has 5 nitrogen and oxygen atoms in total. The minimum atomic E-state index is -1.31. The van der Waals surface area contributed by atoms with E-state index in [4.69, 9.17) is 4.74 Å². The number of rotatable bonds is 5. The molecule has 0 spiro atoms. The van der Waals surface area contributed by atoms with Crippen molar-refractivity contribution in [1.29, 1.82) is 0 Å². The summed E-state index contributed by atoms with van der Waals surface area (Å²) in [6, 6.07) is 9.37. The van der Waals surface area contributed by atoms with Gasteiger partial charge in [-0.3, -0.25) is 4.79 Å². The molecule has 21 heavy (non-hydrogen) atoms. The Morgan fingerprint density at radius 2 is 1.95 bits per heavy atom. The van der Waals surface area contributed by atoms with Crippen LogP contribution in [0.1, 0.15) is 27.6 Å². The maximum atomic E-state index is 11.4. The molecule has 2 aromatic carbocycles. The largest absolute Gasteiger partial charge is 0.507 e. The third kappa shape index (κ3) is 2.72. The minimum absolute atomic E-state index is 0.154. The molecule has 0 saturated heterocycles. The molecule has 0 aromatic heterocycles. The highest BCUT2D eigenvalue weighted by atomic mass is 16.5. The Hall–Kier alpha value is -2.82. The van der Waals surface area contributed by atoms with Crippen LogP contribution in [0.4, 0.5) is 0 Å². The fourth-order valence-electron chi connectivity index (χ4n) is 2.17. The van der Waals surface area contributed by atoms with E-state index in [1.807, 2.05) is 0 Å². The average Bonchev–Trinajstić information content (AvgIpc) is 2.47. The normalized spacial score (nSPS) is 10.1. The summed E-state index contributed by atoms with van der Waals surface area (Å²) < 4.78 is 5.48. The van der Waals surface area contributed by atoms with Gasteiger partial charge in [-0.1, -0.05) is 18.2 Å². The van der Waals surface area contributed by atoms with Gasteiger partial charge in [-0.2, -0.15) is 0 Å². The molecule has 5 heteroatoms. The number of aldehydes is 1. The summed E-state index contributed by atoms with van der Waals surface area (Å²) in [5.74, 6) is -1.25. The zero-order valence-corrected chi connectivity index (χ0v) is 11.4. The van der Waals surface area contributed by atoms with Crippen molar-refractivity contribution in [3.05, 3.63) is 47.5 Å². The molecule has 0 bridgehead atoms. The van der Waals surface area contributed by atoms with Gasteiger partial charge in [0.1, 0.15) is 17.1 Å². The van der Waals surface area contributed by atoms with Crippen molar-refractivity contribution < 1.29 is 24.5 Å². The van der Waals surface area contributed by atoms with E-state index in [9.17, 15) is 19.8 Å². The number of carbonyl (C=O) groups excluding carboxylic acids is 1. The molecule has 0 amide bonds. The van der Waals surface area contributed by atoms with Crippen LogP contribution in [0.25, 0.3) is 11.1 Å². The molecular formula is C16H14O5. The summed E-state index contributed by atoms with van der Waals surface area (Å²) in [4.78, 5) is 22.7. The van der Waals surface area contributed by atoms with Gasteiger partial charge in [0.25, 0.3) is 0 Å². The molecule has 0 unspecified atom stereocenters. The van der Waals surface area contributed by atoms with Crippen molar-refractivity contribution in [3.8, 4) is 22.6 Å². The molecule has 108 valence electrons. The Balaban J connectivity index is 2.82. The molecule has 0 radical (unpaired) electrons. The molecule has 0 saturated carbocycles. The zero-order chi connectivity index (χ0) is 15.4. The summed E-state index contributed by atoms with van der Waals surface area (Å²) in [5.41, 5.74) is 0.473. The van der Waals surface area contributed by atoms with Crippen molar-refractivity contribution in [1.82, 2.24) is 0 Å². The van der Waals surface area contributed by atoms with Gasteiger partial charge in [-0.25, -0.2) is 4.79 Å². The van der Waals surface area contributed by atoms with Crippen LogP contribution in [0.2, 0.25) is 0 Å². The third-order valence-electron chi connectivity index (χ3n) is 3.01. The van der Waals surface area contributed by atoms with Gasteiger partial charge >= 0.3 is 5.97 Å². The summed E-state index contributed by atoms with van der Waals surface area (Å²) in [7, 11) is 0. The first-order valence-corrected chi connectivity index (χ1v) is 6.36. The van der Waals surface area contributed by atoms with Crippen molar-refractivity contribution in [2.24, 2.45) is 0 Å². The number of carboxylic acid groups (broad SMARTS) is 1. The van der Waals surface area contributed by atoms with Crippen LogP contribution in [0.15, 0.2) is 36.4 Å². The predicted octanol–water partition coefficient (Wildman–Crippen LogP) is 2.97. The second kappa shape index (κ2) is 6.09.